The van der Waals surface area contributed by atoms with Crippen LogP contribution in [0.2, 0.25) is 5.02 Å². The average Bonchev–Trinajstić information content (AvgIpc) is 3.79. The summed E-state index contributed by atoms with van der Waals surface area (Å²) in [6.07, 6.45) is 4.44. The smallest absolute Gasteiger partial charge is 0.306 e. The molecule has 2 aromatic carbocycles. The molecule has 2 saturated heterocycles. The SMILES string of the molecule is CO[C@H]1CN([C@H]2C[C@@H](COC3CCC(C(=O)O)CC3)N(C(=O)Cc3cc(Cl)c(NC(=O)c4coc5ccccc45)cc3F)C2)C[C@@H]1C. The molecule has 3 aliphatic rings. The minimum absolute atomic E-state index is 0.0506. The van der Waals surface area contributed by atoms with Crippen LogP contribution in [-0.4, -0.2) is 90.3 Å². The number of amides is 2. The van der Waals surface area contributed by atoms with Gasteiger partial charge in [0.25, 0.3) is 5.91 Å². The number of anilines is 1. The maximum Gasteiger partial charge on any atom is 0.306 e. The second-order valence-corrected chi connectivity index (χ2v) is 13.5. The Labute approximate surface area is 278 Å². The second kappa shape index (κ2) is 14.3. The molecule has 0 spiro atoms. The lowest BCUT2D eigenvalue weighted by atomic mass is 9.87. The van der Waals surface area contributed by atoms with E-state index in [0.717, 1.165) is 25.6 Å². The van der Waals surface area contributed by atoms with Gasteiger partial charge in [0.2, 0.25) is 5.91 Å². The number of rotatable bonds is 10. The molecule has 3 aromatic rings. The fourth-order valence-corrected chi connectivity index (χ4v) is 7.58. The number of aliphatic carboxylic acids is 1. The number of carbonyl (C=O) groups is 3. The van der Waals surface area contributed by atoms with E-state index in [0.29, 0.717) is 61.3 Å². The number of hydrogen-bond acceptors (Lipinski definition) is 7. The maximum atomic E-state index is 15.5. The van der Waals surface area contributed by atoms with Crippen molar-refractivity contribution in [1.29, 1.82) is 0 Å². The lowest BCUT2D eigenvalue weighted by molar-refractivity contribution is -0.144. The topological polar surface area (TPSA) is 122 Å². The monoisotopic (exact) mass is 669 g/mol. The summed E-state index contributed by atoms with van der Waals surface area (Å²) in [5, 5.41) is 12.7. The van der Waals surface area contributed by atoms with Crippen LogP contribution in [0.3, 0.4) is 0 Å². The highest BCUT2D eigenvalue weighted by Crippen LogP contribution is 2.33. The minimum atomic E-state index is -0.762. The van der Waals surface area contributed by atoms with E-state index in [9.17, 15) is 19.5 Å². The first-order valence-electron chi connectivity index (χ1n) is 16.3. The third-order valence-electron chi connectivity index (χ3n) is 10.1. The number of carbonyl (C=O) groups excluding carboxylic acids is 2. The van der Waals surface area contributed by atoms with Gasteiger partial charge in [0.05, 0.1) is 53.5 Å². The molecule has 1 saturated carbocycles. The summed E-state index contributed by atoms with van der Waals surface area (Å²) in [6, 6.07) is 9.54. The first kappa shape index (κ1) is 33.4. The predicted molar refractivity (Wildman–Crippen MR) is 174 cm³/mol. The highest BCUT2D eigenvalue weighted by Gasteiger charge is 2.42. The van der Waals surface area contributed by atoms with E-state index in [2.05, 4.69) is 17.1 Å². The number of methoxy groups -OCH3 is 1. The largest absolute Gasteiger partial charge is 0.481 e. The van der Waals surface area contributed by atoms with Crippen molar-refractivity contribution in [3.05, 3.63) is 64.6 Å². The van der Waals surface area contributed by atoms with Crippen molar-refractivity contribution in [1.82, 2.24) is 9.80 Å². The molecule has 2 amide bonds. The molecule has 3 fully saturated rings. The van der Waals surface area contributed by atoms with Crippen molar-refractivity contribution < 1.29 is 37.8 Å². The van der Waals surface area contributed by atoms with Crippen LogP contribution >= 0.6 is 11.6 Å². The van der Waals surface area contributed by atoms with Crippen molar-refractivity contribution in [2.75, 3.05) is 38.7 Å². The van der Waals surface area contributed by atoms with E-state index in [1.807, 2.05) is 0 Å². The van der Waals surface area contributed by atoms with Crippen LogP contribution in [0.5, 0.6) is 0 Å². The number of halogens is 2. The van der Waals surface area contributed by atoms with Gasteiger partial charge in [0, 0.05) is 38.2 Å². The van der Waals surface area contributed by atoms with Gasteiger partial charge < -0.3 is 29.2 Å². The first-order valence-corrected chi connectivity index (χ1v) is 16.6. The number of ether oxygens (including phenoxy) is 2. The molecule has 0 unspecified atom stereocenters. The normalized spacial score (nSPS) is 26.6. The van der Waals surface area contributed by atoms with Gasteiger partial charge in [-0.3, -0.25) is 19.3 Å². The molecule has 2 N–H and O–H groups in total. The fraction of sp³-hybridized carbons (Fsp3) is 0.514. The number of nitrogens with one attached hydrogen (secondary N) is 1. The van der Waals surface area contributed by atoms with E-state index < -0.39 is 17.7 Å². The predicted octanol–water partition coefficient (Wildman–Crippen LogP) is 5.62. The number of likely N-dealkylation sites (tertiary alicyclic amines) is 2. The minimum Gasteiger partial charge on any atom is -0.481 e. The molecule has 10 nitrogen and oxygen atoms in total. The fourth-order valence-electron chi connectivity index (χ4n) is 7.35. The summed E-state index contributed by atoms with van der Waals surface area (Å²) in [4.78, 5) is 42.3. The summed E-state index contributed by atoms with van der Waals surface area (Å²) in [5.41, 5.74) is 1.08. The molecule has 4 atom stereocenters. The zero-order chi connectivity index (χ0) is 33.2. The molecular weight excluding hydrogens is 629 g/mol. The molecule has 1 aliphatic carbocycles. The highest BCUT2D eigenvalue weighted by molar-refractivity contribution is 6.34. The van der Waals surface area contributed by atoms with Crippen molar-refractivity contribution in [3.8, 4) is 0 Å². The Morgan fingerprint density at radius 3 is 2.60 bits per heavy atom. The van der Waals surface area contributed by atoms with E-state index in [1.54, 1.807) is 36.3 Å². The Morgan fingerprint density at radius 1 is 1.11 bits per heavy atom. The van der Waals surface area contributed by atoms with Crippen molar-refractivity contribution in [2.45, 2.75) is 69.7 Å². The number of carboxylic acids is 1. The van der Waals surface area contributed by atoms with Gasteiger partial charge in [-0.25, -0.2) is 4.39 Å². The molecule has 2 aliphatic heterocycles. The van der Waals surface area contributed by atoms with E-state index in [4.69, 9.17) is 25.5 Å². The summed E-state index contributed by atoms with van der Waals surface area (Å²) in [7, 11) is 1.72. The Bertz CT molecular complexity index is 1620. The van der Waals surface area contributed by atoms with Gasteiger partial charge in [-0.05, 0) is 61.8 Å². The molecule has 1 aromatic heterocycles. The van der Waals surface area contributed by atoms with Crippen LogP contribution in [0.15, 0.2) is 47.1 Å². The second-order valence-electron chi connectivity index (χ2n) is 13.1. The Balaban J connectivity index is 1.13. The number of fused-ring (bicyclic) bond motifs is 1. The van der Waals surface area contributed by atoms with Crippen LogP contribution in [0.4, 0.5) is 10.1 Å². The van der Waals surface area contributed by atoms with Gasteiger partial charge in [0.15, 0.2) is 0 Å². The standard InChI is InChI=1S/C35H41ClFN3O7/c1-20-15-39(17-32(20)45-2)23-13-24(18-46-25-9-7-21(8-10-25)35(43)44)40(16-23)33(41)12-22-11-28(36)30(14-29(22)37)38-34(42)27-19-47-31-6-4-3-5-26(27)31/h3-6,11,14,19-21,23-25,32H,7-10,12-13,15-18H2,1-2H3,(H,38,42)(H,43,44)/t20-,21?,23-,24-,25?,32-/m0/s1. The third-order valence-corrected chi connectivity index (χ3v) is 10.4. The molecule has 47 heavy (non-hydrogen) atoms. The maximum absolute atomic E-state index is 15.5. The van der Waals surface area contributed by atoms with E-state index in [-0.39, 0.29) is 58.8 Å². The van der Waals surface area contributed by atoms with Crippen LogP contribution in [0.25, 0.3) is 11.0 Å². The zero-order valence-corrected chi connectivity index (χ0v) is 27.4. The number of nitrogens with zero attached hydrogens (tertiary/aromatic N) is 2. The third kappa shape index (κ3) is 7.33. The van der Waals surface area contributed by atoms with Gasteiger partial charge in [-0.15, -0.1) is 0 Å². The molecule has 6 rings (SSSR count). The Morgan fingerprint density at radius 2 is 1.87 bits per heavy atom. The quantitative estimate of drug-likeness (QED) is 0.286. The summed E-state index contributed by atoms with van der Waals surface area (Å²) < 4.78 is 32.9. The molecular formula is C35H41ClFN3O7. The van der Waals surface area contributed by atoms with Crippen molar-refractivity contribution in [2.24, 2.45) is 11.8 Å². The zero-order valence-electron chi connectivity index (χ0n) is 26.6. The number of para-hydroxylation sites is 1. The average molecular weight is 670 g/mol. The lowest BCUT2D eigenvalue weighted by Gasteiger charge is -2.30. The van der Waals surface area contributed by atoms with Gasteiger partial charge in [0.1, 0.15) is 17.7 Å². The van der Waals surface area contributed by atoms with Crippen LogP contribution in [0, 0.1) is 17.7 Å². The molecule has 12 heteroatoms. The van der Waals surface area contributed by atoms with Crippen molar-refractivity contribution in [3.63, 3.8) is 0 Å². The van der Waals surface area contributed by atoms with Gasteiger partial charge in [-0.2, -0.15) is 0 Å². The summed E-state index contributed by atoms with van der Waals surface area (Å²) in [6.45, 7) is 4.63. The number of carboxylic acid groups (broad SMARTS) is 1. The molecule has 0 radical (unpaired) electrons. The van der Waals surface area contributed by atoms with Crippen molar-refractivity contribution >= 4 is 46.0 Å². The summed E-state index contributed by atoms with van der Waals surface area (Å²) in [5.74, 6) is -2.10. The summed E-state index contributed by atoms with van der Waals surface area (Å²) >= 11 is 6.51. The number of benzene rings is 2. The van der Waals surface area contributed by atoms with Gasteiger partial charge >= 0.3 is 5.97 Å². The number of hydrogen-bond donors (Lipinski definition) is 2. The Hall–Kier alpha value is -3.51. The number of furan rings is 1. The van der Waals surface area contributed by atoms with Crippen LogP contribution < -0.4 is 5.32 Å². The molecule has 0 bridgehead atoms. The molecule has 252 valence electrons. The van der Waals surface area contributed by atoms with E-state index >= 15 is 4.39 Å². The van der Waals surface area contributed by atoms with Gasteiger partial charge in [-0.1, -0.05) is 36.7 Å². The van der Waals surface area contributed by atoms with Crippen LogP contribution in [-0.2, 0) is 25.5 Å². The first-order chi connectivity index (χ1) is 22.6. The highest BCUT2D eigenvalue weighted by atomic mass is 35.5. The Kier molecular flexibility index (Phi) is 10.2. The lowest BCUT2D eigenvalue weighted by Crippen LogP contribution is -2.41. The molecule has 3 heterocycles. The van der Waals surface area contributed by atoms with Crippen LogP contribution in [0.1, 0.15) is 54.9 Å². The van der Waals surface area contributed by atoms with E-state index in [1.165, 1.54) is 12.3 Å².